The number of unbranched alkanes of at least 4 members (excludes halogenated alkanes) is 1. The van der Waals surface area contributed by atoms with Gasteiger partial charge in [-0.3, -0.25) is 0 Å². The van der Waals surface area contributed by atoms with Gasteiger partial charge in [0.15, 0.2) is 5.79 Å². The van der Waals surface area contributed by atoms with E-state index >= 15 is 0 Å². The van der Waals surface area contributed by atoms with Gasteiger partial charge in [0.25, 0.3) is 0 Å². The van der Waals surface area contributed by atoms with Crippen molar-refractivity contribution in [1.29, 1.82) is 0 Å². The Balaban J connectivity index is 0.00000361. The Kier molecular flexibility index (Phi) is 10.1. The smallest absolute Gasteiger partial charge is 0.354 e. The topological polar surface area (TPSA) is 18.5 Å². The van der Waals surface area contributed by atoms with Crippen LogP contribution in [0.2, 0.25) is 0 Å². The monoisotopic (exact) mass is 270 g/mol. The third kappa shape index (κ3) is 8.02. The SMILES string of the molecule is CCCC[C@@H]([CH-]c1ccccc1)COC(C)(C)OC.[Li+]. The van der Waals surface area contributed by atoms with E-state index in [0.29, 0.717) is 12.5 Å². The first-order chi connectivity index (χ1) is 9.07. The summed E-state index contributed by atoms with van der Waals surface area (Å²) in [5, 5.41) is 0. The van der Waals surface area contributed by atoms with Crippen LogP contribution in [0.3, 0.4) is 0 Å². The zero-order valence-electron chi connectivity index (χ0n) is 13.7. The molecule has 0 aliphatic rings. The van der Waals surface area contributed by atoms with E-state index in [2.05, 4.69) is 37.6 Å². The molecule has 0 saturated carbocycles. The molecule has 108 valence electrons. The molecule has 3 heteroatoms. The zero-order valence-corrected chi connectivity index (χ0v) is 13.7. The van der Waals surface area contributed by atoms with Crippen molar-refractivity contribution in [1.82, 2.24) is 0 Å². The molecular weight excluding hydrogens is 243 g/mol. The van der Waals surface area contributed by atoms with E-state index in [1.54, 1.807) is 7.11 Å². The molecular formula is C17H27LiO2. The summed E-state index contributed by atoms with van der Waals surface area (Å²) in [6.45, 7) is 6.83. The van der Waals surface area contributed by atoms with Crippen molar-refractivity contribution in [3.05, 3.63) is 42.3 Å². The molecule has 1 aromatic rings. The molecule has 0 spiro atoms. The van der Waals surface area contributed by atoms with Crippen LogP contribution in [0.5, 0.6) is 0 Å². The van der Waals surface area contributed by atoms with Gasteiger partial charge in [0.05, 0.1) is 0 Å². The second kappa shape index (κ2) is 10.4. The zero-order chi connectivity index (χ0) is 14.1. The molecule has 0 heterocycles. The van der Waals surface area contributed by atoms with Gasteiger partial charge in [-0.25, -0.2) is 0 Å². The van der Waals surface area contributed by atoms with Crippen LogP contribution in [0.25, 0.3) is 0 Å². The fourth-order valence-electron chi connectivity index (χ4n) is 1.88. The summed E-state index contributed by atoms with van der Waals surface area (Å²) in [4.78, 5) is 0. The Morgan fingerprint density at radius 1 is 1.20 bits per heavy atom. The minimum Gasteiger partial charge on any atom is -0.354 e. The third-order valence-electron chi connectivity index (χ3n) is 3.29. The van der Waals surface area contributed by atoms with Gasteiger partial charge in [-0.1, -0.05) is 32.3 Å². The Morgan fingerprint density at radius 3 is 2.40 bits per heavy atom. The van der Waals surface area contributed by atoms with Crippen LogP contribution in [-0.4, -0.2) is 19.5 Å². The van der Waals surface area contributed by atoms with Gasteiger partial charge in [0, 0.05) is 13.7 Å². The van der Waals surface area contributed by atoms with Crippen LogP contribution in [0.1, 0.15) is 45.6 Å². The average Bonchev–Trinajstić information content (AvgIpc) is 2.43. The van der Waals surface area contributed by atoms with Crippen LogP contribution < -0.4 is 18.9 Å². The molecule has 0 saturated heterocycles. The first-order valence-corrected chi connectivity index (χ1v) is 7.16. The molecule has 1 rings (SSSR count). The van der Waals surface area contributed by atoms with Gasteiger partial charge >= 0.3 is 18.9 Å². The molecule has 0 fully saturated rings. The van der Waals surface area contributed by atoms with E-state index in [1.165, 1.54) is 18.4 Å². The molecule has 20 heavy (non-hydrogen) atoms. The number of hydrogen-bond acceptors (Lipinski definition) is 2. The summed E-state index contributed by atoms with van der Waals surface area (Å²) in [6.07, 6.45) is 5.91. The third-order valence-corrected chi connectivity index (χ3v) is 3.29. The normalized spacial score (nSPS) is 12.6. The molecule has 1 atom stereocenters. The summed E-state index contributed by atoms with van der Waals surface area (Å²) in [5.41, 5.74) is 1.27. The number of ether oxygens (including phenoxy) is 2. The fraction of sp³-hybridized carbons (Fsp3) is 0.588. The number of hydrogen-bond donors (Lipinski definition) is 0. The van der Waals surface area contributed by atoms with Gasteiger partial charge < -0.3 is 9.47 Å². The van der Waals surface area contributed by atoms with Crippen molar-refractivity contribution < 1.29 is 28.3 Å². The summed E-state index contributed by atoms with van der Waals surface area (Å²) in [7, 11) is 1.68. The van der Waals surface area contributed by atoms with Gasteiger partial charge in [0.1, 0.15) is 0 Å². The number of benzene rings is 1. The van der Waals surface area contributed by atoms with Crippen LogP contribution >= 0.6 is 0 Å². The van der Waals surface area contributed by atoms with Gasteiger partial charge in [-0.15, -0.1) is 12.1 Å². The van der Waals surface area contributed by atoms with Crippen molar-refractivity contribution in [2.45, 2.75) is 45.8 Å². The van der Waals surface area contributed by atoms with E-state index < -0.39 is 5.79 Å². The van der Waals surface area contributed by atoms with Crippen molar-refractivity contribution >= 4 is 0 Å². The Labute approximate surface area is 136 Å². The molecule has 0 radical (unpaired) electrons. The minimum atomic E-state index is -0.505. The molecule has 2 nitrogen and oxygen atoms in total. The summed E-state index contributed by atoms with van der Waals surface area (Å²) in [6, 6.07) is 10.5. The standard InChI is InChI=1S/C17H27O2.Li/c1-5-6-10-16(14-19-17(2,3)18-4)13-15-11-8-7-9-12-15;/h7-9,11-13,16H,5-6,10,14H2,1-4H3;/q-1;+1/t16-;/m0./s1. The molecule has 0 aliphatic carbocycles. The Hall–Kier alpha value is -0.393. The predicted octanol–water partition coefficient (Wildman–Crippen LogP) is 1.45. The van der Waals surface area contributed by atoms with Crippen LogP contribution in [0, 0.1) is 12.3 Å². The average molecular weight is 270 g/mol. The van der Waals surface area contributed by atoms with Crippen molar-refractivity contribution in [2.75, 3.05) is 13.7 Å². The molecule has 0 bridgehead atoms. The Bertz CT molecular complexity index is 338. The first-order valence-electron chi connectivity index (χ1n) is 7.16. The molecule has 0 amide bonds. The summed E-state index contributed by atoms with van der Waals surface area (Å²) < 4.78 is 11.2. The molecule has 1 aromatic carbocycles. The van der Waals surface area contributed by atoms with Crippen molar-refractivity contribution in [3.63, 3.8) is 0 Å². The first kappa shape index (κ1) is 19.6. The molecule has 0 aromatic heterocycles. The van der Waals surface area contributed by atoms with E-state index in [9.17, 15) is 0 Å². The second-order valence-corrected chi connectivity index (χ2v) is 5.39. The largest absolute Gasteiger partial charge is 1.00 e. The van der Waals surface area contributed by atoms with E-state index in [4.69, 9.17) is 9.47 Å². The van der Waals surface area contributed by atoms with E-state index in [1.807, 2.05) is 19.9 Å². The van der Waals surface area contributed by atoms with Gasteiger partial charge in [-0.2, -0.15) is 24.1 Å². The summed E-state index contributed by atoms with van der Waals surface area (Å²) in [5.74, 6) is -0.0635. The minimum absolute atomic E-state index is 0. The predicted molar refractivity (Wildman–Crippen MR) is 79.9 cm³/mol. The van der Waals surface area contributed by atoms with Gasteiger partial charge in [-0.05, 0) is 19.8 Å². The van der Waals surface area contributed by atoms with Gasteiger partial charge in [0.2, 0.25) is 0 Å². The molecule has 0 N–H and O–H groups in total. The van der Waals surface area contributed by atoms with Crippen molar-refractivity contribution in [3.8, 4) is 0 Å². The number of methoxy groups -OCH3 is 1. The fourth-order valence-corrected chi connectivity index (χ4v) is 1.88. The van der Waals surface area contributed by atoms with Crippen molar-refractivity contribution in [2.24, 2.45) is 5.92 Å². The van der Waals surface area contributed by atoms with E-state index in [0.717, 1.165) is 6.42 Å². The molecule has 0 aliphatic heterocycles. The van der Waals surface area contributed by atoms with Crippen LogP contribution in [0.4, 0.5) is 0 Å². The maximum atomic E-state index is 5.86. The maximum absolute atomic E-state index is 5.86. The maximum Gasteiger partial charge on any atom is 1.00 e. The molecule has 0 unspecified atom stereocenters. The summed E-state index contributed by atoms with van der Waals surface area (Å²) >= 11 is 0. The second-order valence-electron chi connectivity index (χ2n) is 5.39. The number of rotatable bonds is 9. The Morgan fingerprint density at radius 2 is 1.85 bits per heavy atom. The van der Waals surface area contributed by atoms with E-state index in [-0.39, 0.29) is 18.9 Å². The van der Waals surface area contributed by atoms with Crippen LogP contribution in [0.15, 0.2) is 30.3 Å². The quantitative estimate of drug-likeness (QED) is 0.384. The van der Waals surface area contributed by atoms with Crippen LogP contribution in [-0.2, 0) is 9.47 Å².